The molecule has 2 heteroatoms. The molecular formula is C10H18BN. The first-order valence-electron chi connectivity index (χ1n) is 4.28. The van der Waals surface area contributed by atoms with Gasteiger partial charge in [0.1, 0.15) is 7.85 Å². The third kappa shape index (κ3) is 4.83. The molecule has 0 aromatic heterocycles. The summed E-state index contributed by atoms with van der Waals surface area (Å²) in [5, 5.41) is 3.21. The highest BCUT2D eigenvalue weighted by molar-refractivity contribution is 6.21. The van der Waals surface area contributed by atoms with Crippen molar-refractivity contribution < 1.29 is 0 Å². The van der Waals surface area contributed by atoms with Gasteiger partial charge in [-0.05, 0) is 26.8 Å². The molecule has 12 heavy (non-hydrogen) atoms. The summed E-state index contributed by atoms with van der Waals surface area (Å²) in [4.78, 5) is 0. The molecule has 0 aliphatic rings. The van der Waals surface area contributed by atoms with Gasteiger partial charge >= 0.3 is 0 Å². The average molecular weight is 163 g/mol. The van der Waals surface area contributed by atoms with Crippen molar-refractivity contribution in [1.29, 1.82) is 0 Å². The van der Waals surface area contributed by atoms with Gasteiger partial charge in [-0.1, -0.05) is 24.0 Å². The van der Waals surface area contributed by atoms with Gasteiger partial charge in [0.05, 0.1) is 0 Å². The van der Waals surface area contributed by atoms with Gasteiger partial charge in [0, 0.05) is 11.9 Å². The molecule has 0 atom stereocenters. The molecule has 1 N–H and O–H groups in total. The maximum atomic E-state index is 3.21. The van der Waals surface area contributed by atoms with Gasteiger partial charge in [-0.15, -0.1) is 0 Å². The topological polar surface area (TPSA) is 12.0 Å². The standard InChI is InChI=1S/C10H18BN/c1-5-8(2)6-7-12-10(4)9(3)11/h5-7,12H,11H2,1-4H3/b7-6-,8-5-,10-9+. The Morgan fingerprint density at radius 1 is 1.25 bits per heavy atom. The lowest BCUT2D eigenvalue weighted by molar-refractivity contribution is 1.04. The molecule has 66 valence electrons. The van der Waals surface area contributed by atoms with Gasteiger partial charge in [-0.25, -0.2) is 0 Å². The van der Waals surface area contributed by atoms with Crippen LogP contribution in [0.3, 0.4) is 0 Å². The van der Waals surface area contributed by atoms with Crippen LogP contribution in [-0.2, 0) is 0 Å². The van der Waals surface area contributed by atoms with Gasteiger partial charge in [0.25, 0.3) is 0 Å². The molecule has 0 aromatic carbocycles. The molecule has 0 unspecified atom stereocenters. The van der Waals surface area contributed by atoms with Crippen molar-refractivity contribution >= 4 is 7.85 Å². The van der Waals surface area contributed by atoms with Crippen molar-refractivity contribution in [3.05, 3.63) is 35.1 Å². The zero-order chi connectivity index (χ0) is 9.56. The lowest BCUT2D eigenvalue weighted by atomic mass is 9.96. The van der Waals surface area contributed by atoms with Gasteiger partial charge in [0.2, 0.25) is 0 Å². The number of allylic oxidation sites excluding steroid dienone is 5. The van der Waals surface area contributed by atoms with E-state index in [1.54, 1.807) is 0 Å². The first kappa shape index (κ1) is 11.1. The fourth-order valence-electron chi connectivity index (χ4n) is 0.539. The smallest absolute Gasteiger partial charge is 0.135 e. The van der Waals surface area contributed by atoms with Crippen LogP contribution < -0.4 is 5.32 Å². The number of hydrogen-bond acceptors (Lipinski definition) is 1. The second-order valence-corrected chi connectivity index (χ2v) is 3.14. The van der Waals surface area contributed by atoms with Crippen LogP contribution in [0.1, 0.15) is 27.7 Å². The van der Waals surface area contributed by atoms with Crippen LogP contribution in [0.4, 0.5) is 0 Å². The van der Waals surface area contributed by atoms with Crippen molar-refractivity contribution in [2.75, 3.05) is 0 Å². The Morgan fingerprint density at radius 3 is 2.25 bits per heavy atom. The molecule has 0 heterocycles. The van der Waals surface area contributed by atoms with E-state index in [9.17, 15) is 0 Å². The second kappa shape index (κ2) is 5.70. The highest BCUT2D eigenvalue weighted by atomic mass is 14.8. The van der Waals surface area contributed by atoms with Crippen LogP contribution in [0.2, 0.25) is 0 Å². The van der Waals surface area contributed by atoms with E-state index in [-0.39, 0.29) is 0 Å². The van der Waals surface area contributed by atoms with E-state index >= 15 is 0 Å². The zero-order valence-electron chi connectivity index (χ0n) is 8.73. The van der Waals surface area contributed by atoms with E-state index in [1.165, 1.54) is 16.7 Å². The Balaban J connectivity index is 4.00. The minimum atomic E-state index is 1.22. The Bertz CT molecular complexity index is 220. The molecule has 0 aromatic rings. The van der Waals surface area contributed by atoms with E-state index in [0.717, 1.165) is 0 Å². The molecule has 1 nitrogen and oxygen atoms in total. The zero-order valence-corrected chi connectivity index (χ0v) is 8.73. The maximum absolute atomic E-state index is 3.21. The minimum absolute atomic E-state index is 1.22. The largest absolute Gasteiger partial charge is 0.366 e. The molecule has 0 fully saturated rings. The third-order valence-corrected chi connectivity index (χ3v) is 1.85. The number of hydrogen-bond donors (Lipinski definition) is 1. The van der Waals surface area contributed by atoms with Gasteiger partial charge < -0.3 is 5.32 Å². The predicted octanol–water partition coefficient (Wildman–Crippen LogP) is 1.94. The fourth-order valence-corrected chi connectivity index (χ4v) is 0.539. The first-order chi connectivity index (χ1) is 5.57. The van der Waals surface area contributed by atoms with Crippen LogP contribution in [0.25, 0.3) is 0 Å². The Labute approximate surface area is 76.7 Å². The maximum Gasteiger partial charge on any atom is 0.135 e. The molecule has 0 saturated carbocycles. The summed E-state index contributed by atoms with van der Waals surface area (Å²) in [6.07, 6.45) is 6.11. The van der Waals surface area contributed by atoms with Crippen LogP contribution in [-0.4, -0.2) is 7.85 Å². The van der Waals surface area contributed by atoms with Crippen molar-refractivity contribution in [1.82, 2.24) is 5.32 Å². The van der Waals surface area contributed by atoms with Crippen molar-refractivity contribution in [2.24, 2.45) is 0 Å². The molecule has 0 amide bonds. The molecule has 0 aliphatic carbocycles. The second-order valence-electron chi connectivity index (χ2n) is 3.14. The van der Waals surface area contributed by atoms with Crippen LogP contribution in [0.5, 0.6) is 0 Å². The quantitative estimate of drug-likeness (QED) is 0.495. The van der Waals surface area contributed by atoms with Crippen molar-refractivity contribution in [3.63, 3.8) is 0 Å². The van der Waals surface area contributed by atoms with E-state index in [4.69, 9.17) is 0 Å². The Hall–Kier alpha value is -0.915. The van der Waals surface area contributed by atoms with E-state index in [2.05, 4.69) is 46.1 Å². The van der Waals surface area contributed by atoms with Gasteiger partial charge in [-0.3, -0.25) is 0 Å². The fraction of sp³-hybridized carbons (Fsp3) is 0.400. The molecule has 0 aliphatic heterocycles. The Kier molecular flexibility index (Phi) is 5.26. The van der Waals surface area contributed by atoms with E-state index in [1.807, 2.05) is 13.1 Å². The van der Waals surface area contributed by atoms with E-state index in [0.29, 0.717) is 0 Å². The summed E-state index contributed by atoms with van der Waals surface area (Å²) in [6.45, 7) is 8.28. The molecule has 0 spiro atoms. The first-order valence-corrected chi connectivity index (χ1v) is 4.28. The van der Waals surface area contributed by atoms with Crippen LogP contribution in [0.15, 0.2) is 35.1 Å². The summed E-state index contributed by atoms with van der Waals surface area (Å²) in [7, 11) is 2.10. The summed E-state index contributed by atoms with van der Waals surface area (Å²) in [5.74, 6) is 0. The predicted molar refractivity (Wildman–Crippen MR) is 58.6 cm³/mol. The van der Waals surface area contributed by atoms with Gasteiger partial charge in [0.15, 0.2) is 0 Å². The number of nitrogens with one attached hydrogen (secondary N) is 1. The summed E-state index contributed by atoms with van der Waals surface area (Å²) >= 11 is 0. The lowest BCUT2D eigenvalue weighted by Gasteiger charge is -2.02. The van der Waals surface area contributed by atoms with Crippen molar-refractivity contribution in [2.45, 2.75) is 27.7 Å². The third-order valence-electron chi connectivity index (χ3n) is 1.85. The summed E-state index contributed by atoms with van der Waals surface area (Å²) in [5.41, 5.74) is 3.80. The highest BCUT2D eigenvalue weighted by Gasteiger charge is 1.85. The average Bonchev–Trinajstić information content (AvgIpc) is 2.03. The molecular weight excluding hydrogens is 145 g/mol. The van der Waals surface area contributed by atoms with Crippen LogP contribution in [0, 0.1) is 0 Å². The van der Waals surface area contributed by atoms with E-state index < -0.39 is 0 Å². The highest BCUT2D eigenvalue weighted by Crippen LogP contribution is 1.96. The SMILES string of the molecule is B/C(C)=C(\C)N/C=C\C(C)=C/C. The molecule has 0 radical (unpaired) electrons. The summed E-state index contributed by atoms with van der Waals surface area (Å²) < 4.78 is 0. The Morgan fingerprint density at radius 2 is 1.83 bits per heavy atom. The monoisotopic (exact) mass is 163 g/mol. The van der Waals surface area contributed by atoms with Gasteiger partial charge in [-0.2, -0.15) is 0 Å². The van der Waals surface area contributed by atoms with Crippen molar-refractivity contribution in [3.8, 4) is 0 Å². The molecule has 0 saturated heterocycles. The molecule has 0 rings (SSSR count). The van der Waals surface area contributed by atoms with Crippen LogP contribution >= 0.6 is 0 Å². The normalized spacial score (nSPS) is 14.8. The lowest BCUT2D eigenvalue weighted by Crippen LogP contribution is -2.03. The number of rotatable bonds is 3. The molecule has 0 bridgehead atoms. The minimum Gasteiger partial charge on any atom is -0.366 e. The summed E-state index contributed by atoms with van der Waals surface area (Å²) in [6, 6.07) is 0.